The van der Waals surface area contributed by atoms with Gasteiger partial charge in [-0.2, -0.15) is 0 Å². The molecule has 0 aromatic heterocycles. The van der Waals surface area contributed by atoms with E-state index in [9.17, 15) is 4.79 Å². The topological polar surface area (TPSA) is 32.3 Å². The van der Waals surface area contributed by atoms with Crippen LogP contribution in [-0.4, -0.2) is 36.5 Å². The molecule has 3 heteroatoms. The maximum absolute atomic E-state index is 11.6. The molecule has 0 aliphatic rings. The SMILES string of the molecule is CC\C=C/C=C\C=C\C(=O)NCCN(CCCC)C(C)C. The Morgan fingerprint density at radius 1 is 1.10 bits per heavy atom. The van der Waals surface area contributed by atoms with Crippen LogP contribution in [0.15, 0.2) is 36.5 Å². The van der Waals surface area contributed by atoms with Crippen LogP contribution in [0.3, 0.4) is 0 Å². The molecule has 0 atom stereocenters. The normalized spacial score (nSPS) is 12.5. The molecule has 0 saturated carbocycles. The summed E-state index contributed by atoms with van der Waals surface area (Å²) in [7, 11) is 0. The highest BCUT2D eigenvalue weighted by atomic mass is 16.1. The first-order chi connectivity index (χ1) is 10.1. The van der Waals surface area contributed by atoms with Crippen LogP contribution >= 0.6 is 0 Å². The molecule has 0 radical (unpaired) electrons. The fourth-order valence-electron chi connectivity index (χ4n) is 1.86. The van der Waals surface area contributed by atoms with Crippen molar-refractivity contribution in [2.45, 2.75) is 53.0 Å². The molecule has 0 fully saturated rings. The predicted molar refractivity (Wildman–Crippen MR) is 92.3 cm³/mol. The molecule has 0 aliphatic heterocycles. The third-order valence-electron chi connectivity index (χ3n) is 3.18. The molecule has 0 aromatic carbocycles. The van der Waals surface area contributed by atoms with Crippen LogP contribution in [0.4, 0.5) is 0 Å². The largest absolute Gasteiger partial charge is 0.351 e. The Morgan fingerprint density at radius 3 is 2.43 bits per heavy atom. The lowest BCUT2D eigenvalue weighted by molar-refractivity contribution is -0.116. The maximum atomic E-state index is 11.6. The number of hydrogen-bond acceptors (Lipinski definition) is 2. The van der Waals surface area contributed by atoms with Crippen molar-refractivity contribution in [3.8, 4) is 0 Å². The minimum Gasteiger partial charge on any atom is -0.351 e. The van der Waals surface area contributed by atoms with Crippen molar-refractivity contribution in [3.63, 3.8) is 0 Å². The van der Waals surface area contributed by atoms with Gasteiger partial charge in [-0.3, -0.25) is 9.69 Å². The molecule has 0 heterocycles. The lowest BCUT2D eigenvalue weighted by Gasteiger charge is -2.26. The van der Waals surface area contributed by atoms with Crippen LogP contribution in [-0.2, 0) is 4.79 Å². The van der Waals surface area contributed by atoms with Crippen molar-refractivity contribution in [2.75, 3.05) is 19.6 Å². The number of rotatable bonds is 11. The Morgan fingerprint density at radius 2 is 1.81 bits per heavy atom. The zero-order chi connectivity index (χ0) is 15.9. The van der Waals surface area contributed by atoms with E-state index in [0.717, 1.165) is 19.5 Å². The number of nitrogens with one attached hydrogen (secondary N) is 1. The quantitative estimate of drug-likeness (QED) is 0.465. The highest BCUT2D eigenvalue weighted by molar-refractivity contribution is 5.87. The average Bonchev–Trinajstić information content (AvgIpc) is 2.46. The summed E-state index contributed by atoms with van der Waals surface area (Å²) in [5.74, 6) is -0.0293. The van der Waals surface area contributed by atoms with E-state index < -0.39 is 0 Å². The van der Waals surface area contributed by atoms with Crippen LogP contribution in [0.2, 0.25) is 0 Å². The van der Waals surface area contributed by atoms with E-state index in [2.05, 4.69) is 44.0 Å². The van der Waals surface area contributed by atoms with E-state index in [-0.39, 0.29) is 5.91 Å². The Bertz CT molecular complexity index is 343. The summed E-state index contributed by atoms with van der Waals surface area (Å²) >= 11 is 0. The van der Waals surface area contributed by atoms with Gasteiger partial charge in [0.2, 0.25) is 5.91 Å². The number of amides is 1. The Kier molecular flexibility index (Phi) is 12.7. The van der Waals surface area contributed by atoms with Gasteiger partial charge in [-0.15, -0.1) is 0 Å². The van der Waals surface area contributed by atoms with E-state index in [1.165, 1.54) is 12.8 Å². The van der Waals surface area contributed by atoms with Gasteiger partial charge < -0.3 is 5.32 Å². The molecule has 1 amide bonds. The second-order valence-electron chi connectivity index (χ2n) is 5.35. The molecule has 0 saturated heterocycles. The van der Waals surface area contributed by atoms with E-state index in [1.54, 1.807) is 12.2 Å². The number of allylic oxidation sites excluding steroid dienone is 5. The van der Waals surface area contributed by atoms with Gasteiger partial charge in [0, 0.05) is 25.2 Å². The molecule has 0 spiro atoms. The fourth-order valence-corrected chi connectivity index (χ4v) is 1.86. The first-order valence-electron chi connectivity index (χ1n) is 8.13. The number of hydrogen-bond donors (Lipinski definition) is 1. The monoisotopic (exact) mass is 292 g/mol. The summed E-state index contributed by atoms with van der Waals surface area (Å²) in [6.45, 7) is 11.4. The molecule has 0 rings (SSSR count). The van der Waals surface area contributed by atoms with Crippen LogP contribution in [0.25, 0.3) is 0 Å². The number of carbonyl (C=O) groups excluding carboxylic acids is 1. The van der Waals surface area contributed by atoms with Crippen molar-refractivity contribution in [1.82, 2.24) is 10.2 Å². The number of carbonyl (C=O) groups is 1. The maximum Gasteiger partial charge on any atom is 0.244 e. The second kappa shape index (κ2) is 13.6. The molecular weight excluding hydrogens is 260 g/mol. The van der Waals surface area contributed by atoms with E-state index >= 15 is 0 Å². The Balaban J connectivity index is 3.93. The number of nitrogens with zero attached hydrogens (tertiary/aromatic N) is 1. The van der Waals surface area contributed by atoms with Crippen LogP contribution < -0.4 is 5.32 Å². The second-order valence-corrected chi connectivity index (χ2v) is 5.35. The Hall–Kier alpha value is -1.35. The van der Waals surface area contributed by atoms with Crippen LogP contribution in [0, 0.1) is 0 Å². The lowest BCUT2D eigenvalue weighted by atomic mass is 10.2. The molecule has 0 unspecified atom stereocenters. The van der Waals surface area contributed by atoms with Crippen molar-refractivity contribution in [1.29, 1.82) is 0 Å². The predicted octanol–water partition coefficient (Wildman–Crippen LogP) is 3.69. The molecule has 3 nitrogen and oxygen atoms in total. The molecule has 0 aliphatic carbocycles. The van der Waals surface area contributed by atoms with Gasteiger partial charge in [0.05, 0.1) is 0 Å². The van der Waals surface area contributed by atoms with Crippen molar-refractivity contribution in [3.05, 3.63) is 36.5 Å². The smallest absolute Gasteiger partial charge is 0.244 e. The molecule has 120 valence electrons. The van der Waals surface area contributed by atoms with Gasteiger partial charge >= 0.3 is 0 Å². The molecular formula is C18H32N2O. The summed E-state index contributed by atoms with van der Waals surface area (Å²) in [4.78, 5) is 14.0. The number of unbranched alkanes of at least 4 members (excludes halogenated alkanes) is 1. The van der Waals surface area contributed by atoms with E-state index in [4.69, 9.17) is 0 Å². The summed E-state index contributed by atoms with van der Waals surface area (Å²) < 4.78 is 0. The zero-order valence-corrected chi connectivity index (χ0v) is 14.1. The van der Waals surface area contributed by atoms with E-state index in [1.807, 2.05) is 18.2 Å². The van der Waals surface area contributed by atoms with Gasteiger partial charge in [-0.1, -0.05) is 50.6 Å². The minimum absolute atomic E-state index is 0.0293. The third-order valence-corrected chi connectivity index (χ3v) is 3.18. The van der Waals surface area contributed by atoms with Crippen molar-refractivity contribution < 1.29 is 4.79 Å². The highest BCUT2D eigenvalue weighted by Gasteiger charge is 2.08. The van der Waals surface area contributed by atoms with Crippen LogP contribution in [0.5, 0.6) is 0 Å². The first kappa shape index (κ1) is 19.7. The lowest BCUT2D eigenvalue weighted by Crippen LogP contribution is -2.38. The van der Waals surface area contributed by atoms with Crippen molar-refractivity contribution in [2.24, 2.45) is 0 Å². The molecule has 0 aromatic rings. The average molecular weight is 292 g/mol. The van der Waals surface area contributed by atoms with Crippen LogP contribution in [0.1, 0.15) is 47.0 Å². The van der Waals surface area contributed by atoms with Gasteiger partial charge in [0.25, 0.3) is 0 Å². The highest BCUT2D eigenvalue weighted by Crippen LogP contribution is 2.00. The minimum atomic E-state index is -0.0293. The van der Waals surface area contributed by atoms with Gasteiger partial charge in [0.15, 0.2) is 0 Å². The van der Waals surface area contributed by atoms with E-state index in [0.29, 0.717) is 12.6 Å². The third kappa shape index (κ3) is 12.1. The summed E-state index contributed by atoms with van der Waals surface area (Å²) in [6.07, 6.45) is 14.6. The zero-order valence-electron chi connectivity index (χ0n) is 14.1. The van der Waals surface area contributed by atoms with Gasteiger partial charge in [0.1, 0.15) is 0 Å². The van der Waals surface area contributed by atoms with Crippen molar-refractivity contribution >= 4 is 5.91 Å². The molecule has 21 heavy (non-hydrogen) atoms. The molecule has 0 bridgehead atoms. The van der Waals surface area contributed by atoms with Gasteiger partial charge in [-0.25, -0.2) is 0 Å². The molecule has 1 N–H and O–H groups in total. The standard InChI is InChI=1S/C18H32N2O/c1-5-7-9-10-11-12-13-18(21)19-14-16-20(17(3)4)15-8-6-2/h7,9-13,17H,5-6,8,14-16H2,1-4H3,(H,19,21)/b9-7-,11-10-,13-12+. The fraction of sp³-hybridized carbons (Fsp3) is 0.611. The summed E-state index contributed by atoms with van der Waals surface area (Å²) in [6, 6.07) is 0.525. The first-order valence-corrected chi connectivity index (χ1v) is 8.13. The van der Waals surface area contributed by atoms with Gasteiger partial charge in [-0.05, 0) is 33.2 Å². The summed E-state index contributed by atoms with van der Waals surface area (Å²) in [5, 5.41) is 2.93. The Labute approximate surface area is 130 Å². The summed E-state index contributed by atoms with van der Waals surface area (Å²) in [5.41, 5.74) is 0.